The number of likely N-dealkylation sites (N-methyl/N-ethyl adjacent to an activating group) is 1. The Bertz CT molecular complexity index is 1040. The Labute approximate surface area is 171 Å². The zero-order valence-corrected chi connectivity index (χ0v) is 17.3. The van der Waals surface area contributed by atoms with Crippen LogP contribution in [0.5, 0.6) is 0 Å². The maximum Gasteiger partial charge on any atom is 0.330 e. The second-order valence-electron chi connectivity index (χ2n) is 6.90. The van der Waals surface area contributed by atoms with Gasteiger partial charge in [-0.3, -0.25) is 28.8 Å². The number of aromatic amines is 1. The van der Waals surface area contributed by atoms with Crippen molar-refractivity contribution in [2.75, 3.05) is 29.1 Å². The molecule has 3 N–H and O–H groups in total. The molecule has 3 rings (SSSR count). The lowest BCUT2D eigenvalue weighted by Crippen LogP contribution is -2.39. The lowest BCUT2D eigenvalue weighted by Gasteiger charge is -2.20. The Morgan fingerprint density at radius 3 is 2.79 bits per heavy atom. The summed E-state index contributed by atoms with van der Waals surface area (Å²) in [4.78, 5) is 58.3. The smallest absolute Gasteiger partial charge is 0.330 e. The van der Waals surface area contributed by atoms with Crippen LogP contribution in [0.15, 0.2) is 15.0 Å². The van der Waals surface area contributed by atoms with E-state index in [9.17, 15) is 19.2 Å². The molecule has 2 aromatic heterocycles. The SMILES string of the molecule is CCCCn1c(N)c(N(C)C(=O)Cc2csc(N3CCCC3=O)n2)c(=O)[nH]c1=O. The van der Waals surface area contributed by atoms with E-state index in [2.05, 4.69) is 9.97 Å². The number of thiazole rings is 1. The highest BCUT2D eigenvalue weighted by Crippen LogP contribution is 2.26. The second kappa shape index (κ2) is 8.60. The number of aromatic nitrogens is 3. The van der Waals surface area contributed by atoms with E-state index in [1.807, 2.05) is 6.92 Å². The van der Waals surface area contributed by atoms with Crippen LogP contribution in [-0.2, 0) is 22.6 Å². The molecule has 0 spiro atoms. The highest BCUT2D eigenvalue weighted by Gasteiger charge is 2.26. The standard InChI is InChI=1S/C18H24N6O4S/c1-3-4-7-24-15(19)14(16(27)21-17(24)28)22(2)13(26)9-11-10-29-18(20-11)23-8-5-6-12(23)25/h10H,3-9,19H2,1-2H3,(H,21,27,28). The summed E-state index contributed by atoms with van der Waals surface area (Å²) in [6.45, 7) is 2.96. The summed E-state index contributed by atoms with van der Waals surface area (Å²) in [5.74, 6) is -0.403. The number of nitrogens with zero attached hydrogens (tertiary/aromatic N) is 4. The van der Waals surface area contributed by atoms with Gasteiger partial charge >= 0.3 is 5.69 Å². The Balaban J connectivity index is 1.80. The van der Waals surface area contributed by atoms with Gasteiger partial charge < -0.3 is 10.6 Å². The molecule has 0 unspecified atom stereocenters. The number of carbonyl (C=O) groups is 2. The van der Waals surface area contributed by atoms with Gasteiger partial charge in [-0.05, 0) is 12.8 Å². The van der Waals surface area contributed by atoms with Crippen molar-refractivity contribution in [1.29, 1.82) is 0 Å². The van der Waals surface area contributed by atoms with Crippen LogP contribution in [0, 0.1) is 0 Å². The number of unbranched alkanes of at least 4 members (excludes halogenated alkanes) is 1. The molecule has 0 radical (unpaired) electrons. The summed E-state index contributed by atoms with van der Waals surface area (Å²) in [6.07, 6.45) is 2.81. The number of H-pyrrole nitrogens is 1. The van der Waals surface area contributed by atoms with Gasteiger partial charge in [-0.1, -0.05) is 13.3 Å². The van der Waals surface area contributed by atoms with Gasteiger partial charge in [0.25, 0.3) is 5.56 Å². The third-order valence-electron chi connectivity index (χ3n) is 4.84. The largest absolute Gasteiger partial charge is 0.383 e. The molecule has 29 heavy (non-hydrogen) atoms. The summed E-state index contributed by atoms with van der Waals surface area (Å²) < 4.78 is 1.27. The minimum Gasteiger partial charge on any atom is -0.383 e. The molecule has 2 aromatic rings. The first-order valence-electron chi connectivity index (χ1n) is 9.47. The normalized spacial score (nSPS) is 13.9. The molecule has 11 heteroatoms. The molecular weight excluding hydrogens is 396 g/mol. The van der Waals surface area contributed by atoms with Gasteiger partial charge in [0.05, 0.1) is 12.1 Å². The van der Waals surface area contributed by atoms with E-state index in [0.29, 0.717) is 36.8 Å². The van der Waals surface area contributed by atoms with Gasteiger partial charge in [0.15, 0.2) is 10.8 Å². The van der Waals surface area contributed by atoms with Crippen LogP contribution in [-0.4, -0.2) is 39.9 Å². The number of nitrogens with two attached hydrogens (primary N) is 1. The highest BCUT2D eigenvalue weighted by molar-refractivity contribution is 7.14. The summed E-state index contributed by atoms with van der Waals surface area (Å²) in [7, 11) is 1.44. The number of carbonyl (C=O) groups excluding carboxylic acids is 2. The average Bonchev–Trinajstić information content (AvgIpc) is 3.29. The fourth-order valence-electron chi connectivity index (χ4n) is 3.19. The van der Waals surface area contributed by atoms with Crippen LogP contribution in [0.25, 0.3) is 0 Å². The number of anilines is 3. The summed E-state index contributed by atoms with van der Waals surface area (Å²) >= 11 is 1.31. The number of hydrogen-bond acceptors (Lipinski definition) is 7. The molecule has 0 atom stereocenters. The minimum absolute atomic E-state index is 0.0305. The first-order chi connectivity index (χ1) is 13.8. The Morgan fingerprint density at radius 2 is 2.14 bits per heavy atom. The molecule has 0 saturated carbocycles. The van der Waals surface area contributed by atoms with Crippen molar-refractivity contribution >= 4 is 39.8 Å². The molecule has 2 amide bonds. The van der Waals surface area contributed by atoms with Crippen molar-refractivity contribution in [3.63, 3.8) is 0 Å². The summed E-state index contributed by atoms with van der Waals surface area (Å²) in [6, 6.07) is 0. The van der Waals surface area contributed by atoms with Crippen LogP contribution in [0.4, 0.5) is 16.6 Å². The fraction of sp³-hybridized carbons (Fsp3) is 0.500. The first-order valence-corrected chi connectivity index (χ1v) is 10.3. The van der Waals surface area contributed by atoms with Crippen LogP contribution >= 0.6 is 11.3 Å². The molecular formula is C18H24N6O4S. The fourth-order valence-corrected chi connectivity index (χ4v) is 4.06. The zero-order valence-electron chi connectivity index (χ0n) is 16.4. The van der Waals surface area contributed by atoms with Crippen molar-refractivity contribution in [1.82, 2.24) is 14.5 Å². The van der Waals surface area contributed by atoms with Crippen LogP contribution in [0.2, 0.25) is 0 Å². The van der Waals surface area contributed by atoms with E-state index in [-0.39, 0.29) is 23.8 Å². The molecule has 1 saturated heterocycles. The van der Waals surface area contributed by atoms with Gasteiger partial charge in [0.1, 0.15) is 5.82 Å². The van der Waals surface area contributed by atoms with Crippen molar-refractivity contribution < 1.29 is 9.59 Å². The monoisotopic (exact) mass is 420 g/mol. The quantitative estimate of drug-likeness (QED) is 0.677. The van der Waals surface area contributed by atoms with Gasteiger partial charge in [-0.25, -0.2) is 9.78 Å². The number of nitrogen functional groups attached to an aromatic ring is 1. The zero-order chi connectivity index (χ0) is 21.1. The number of amides is 2. The third-order valence-corrected chi connectivity index (χ3v) is 5.75. The molecule has 10 nitrogen and oxygen atoms in total. The van der Waals surface area contributed by atoms with E-state index in [1.165, 1.54) is 23.0 Å². The second-order valence-corrected chi connectivity index (χ2v) is 7.73. The van der Waals surface area contributed by atoms with Gasteiger partial charge in [0.2, 0.25) is 11.8 Å². The first kappa shape index (κ1) is 20.8. The molecule has 1 fully saturated rings. The van der Waals surface area contributed by atoms with Crippen molar-refractivity contribution in [3.05, 3.63) is 31.9 Å². The lowest BCUT2D eigenvalue weighted by atomic mass is 10.3. The van der Waals surface area contributed by atoms with E-state index < -0.39 is 17.2 Å². The topological polar surface area (TPSA) is 134 Å². The number of nitrogens with one attached hydrogen (secondary N) is 1. The van der Waals surface area contributed by atoms with E-state index in [0.717, 1.165) is 17.7 Å². The highest BCUT2D eigenvalue weighted by atomic mass is 32.1. The van der Waals surface area contributed by atoms with Crippen molar-refractivity contribution in [2.24, 2.45) is 0 Å². The molecule has 0 bridgehead atoms. The maximum atomic E-state index is 12.7. The number of hydrogen-bond donors (Lipinski definition) is 2. The molecule has 0 aromatic carbocycles. The van der Waals surface area contributed by atoms with E-state index >= 15 is 0 Å². The van der Waals surface area contributed by atoms with Crippen LogP contribution < -0.4 is 26.8 Å². The van der Waals surface area contributed by atoms with Gasteiger partial charge in [0, 0.05) is 31.9 Å². The Kier molecular flexibility index (Phi) is 6.16. The molecule has 0 aliphatic carbocycles. The van der Waals surface area contributed by atoms with Gasteiger partial charge in [-0.15, -0.1) is 11.3 Å². The van der Waals surface area contributed by atoms with Crippen LogP contribution in [0.3, 0.4) is 0 Å². The summed E-state index contributed by atoms with van der Waals surface area (Å²) in [5.41, 5.74) is 5.20. The average molecular weight is 420 g/mol. The Hall–Kier alpha value is -2.95. The lowest BCUT2D eigenvalue weighted by molar-refractivity contribution is -0.118. The minimum atomic E-state index is -0.710. The summed E-state index contributed by atoms with van der Waals surface area (Å²) in [5, 5.41) is 2.30. The predicted molar refractivity (Wildman–Crippen MR) is 111 cm³/mol. The van der Waals surface area contributed by atoms with E-state index in [1.54, 1.807) is 10.3 Å². The molecule has 3 heterocycles. The Morgan fingerprint density at radius 1 is 1.38 bits per heavy atom. The van der Waals surface area contributed by atoms with E-state index in [4.69, 9.17) is 5.73 Å². The molecule has 156 valence electrons. The van der Waals surface area contributed by atoms with Crippen molar-refractivity contribution in [3.8, 4) is 0 Å². The maximum absolute atomic E-state index is 12.7. The van der Waals surface area contributed by atoms with Crippen molar-refractivity contribution in [2.45, 2.75) is 45.6 Å². The van der Waals surface area contributed by atoms with Gasteiger partial charge in [-0.2, -0.15) is 0 Å². The van der Waals surface area contributed by atoms with Crippen LogP contribution in [0.1, 0.15) is 38.3 Å². The predicted octanol–water partition coefficient (Wildman–Crippen LogP) is 0.708. The third kappa shape index (κ3) is 4.24. The molecule has 1 aliphatic rings. The number of rotatable bonds is 7. The molecule has 1 aliphatic heterocycles.